The number of aromatic nitrogens is 1. The molecule has 0 radical (unpaired) electrons. The van der Waals surface area contributed by atoms with Crippen molar-refractivity contribution in [3.05, 3.63) is 28.0 Å². The number of amides is 1. The van der Waals surface area contributed by atoms with E-state index in [0.29, 0.717) is 10.6 Å². The topological polar surface area (TPSA) is 45.2 Å². The number of piperidine rings is 1. The van der Waals surface area contributed by atoms with Crippen LogP contribution in [0, 0.1) is 0 Å². The molecule has 1 fully saturated rings. The second kappa shape index (κ2) is 6.55. The normalized spacial score (nSPS) is 17.4. The number of halogens is 2. The SMILES string of the molecule is CCN1CCC(NC(=O)c2cc(Cl)ncc2Cl)CC1. The number of nitrogens with one attached hydrogen (secondary N) is 1. The van der Waals surface area contributed by atoms with Crippen molar-refractivity contribution in [3.63, 3.8) is 0 Å². The quantitative estimate of drug-likeness (QED) is 0.873. The molecule has 0 unspecified atom stereocenters. The van der Waals surface area contributed by atoms with Crippen molar-refractivity contribution in [3.8, 4) is 0 Å². The Balaban J connectivity index is 1.96. The van der Waals surface area contributed by atoms with E-state index in [4.69, 9.17) is 23.2 Å². The zero-order valence-electron chi connectivity index (χ0n) is 10.8. The van der Waals surface area contributed by atoms with Crippen molar-refractivity contribution >= 4 is 29.1 Å². The first-order valence-corrected chi connectivity index (χ1v) is 7.20. The minimum Gasteiger partial charge on any atom is -0.349 e. The summed E-state index contributed by atoms with van der Waals surface area (Å²) in [5.41, 5.74) is 0.389. The summed E-state index contributed by atoms with van der Waals surface area (Å²) in [6.45, 7) is 5.25. The Kier molecular flexibility index (Phi) is 5.02. The molecule has 0 aliphatic carbocycles. The van der Waals surface area contributed by atoms with Gasteiger partial charge in [0.15, 0.2) is 0 Å². The van der Waals surface area contributed by atoms with Gasteiger partial charge in [0, 0.05) is 25.3 Å². The largest absolute Gasteiger partial charge is 0.349 e. The van der Waals surface area contributed by atoms with E-state index in [9.17, 15) is 4.79 Å². The summed E-state index contributed by atoms with van der Waals surface area (Å²) < 4.78 is 0. The lowest BCUT2D eigenvalue weighted by Crippen LogP contribution is -2.44. The predicted octanol–water partition coefficient (Wildman–Crippen LogP) is 2.60. The lowest BCUT2D eigenvalue weighted by molar-refractivity contribution is 0.0912. The van der Waals surface area contributed by atoms with E-state index in [1.54, 1.807) is 0 Å². The summed E-state index contributed by atoms with van der Waals surface area (Å²) in [6.07, 6.45) is 3.34. The monoisotopic (exact) mass is 301 g/mol. The Morgan fingerprint density at radius 3 is 2.79 bits per heavy atom. The highest BCUT2D eigenvalue weighted by Crippen LogP contribution is 2.19. The van der Waals surface area contributed by atoms with E-state index >= 15 is 0 Å². The average Bonchev–Trinajstić information content (AvgIpc) is 2.42. The first-order chi connectivity index (χ1) is 9.10. The number of rotatable bonds is 3. The van der Waals surface area contributed by atoms with Crippen molar-refractivity contribution in [1.29, 1.82) is 0 Å². The number of hydrogen-bond donors (Lipinski definition) is 1. The van der Waals surface area contributed by atoms with Crippen LogP contribution in [0.3, 0.4) is 0 Å². The van der Waals surface area contributed by atoms with Crippen LogP contribution in [0.4, 0.5) is 0 Å². The van der Waals surface area contributed by atoms with E-state index < -0.39 is 0 Å². The van der Waals surface area contributed by atoms with Gasteiger partial charge in [-0.1, -0.05) is 30.1 Å². The van der Waals surface area contributed by atoms with Gasteiger partial charge in [-0.15, -0.1) is 0 Å². The molecule has 104 valence electrons. The molecule has 0 atom stereocenters. The summed E-state index contributed by atoms with van der Waals surface area (Å²) in [7, 11) is 0. The number of nitrogens with zero attached hydrogens (tertiary/aromatic N) is 2. The Labute approximate surface area is 123 Å². The molecule has 1 aromatic heterocycles. The first kappa shape index (κ1) is 14.6. The Bertz CT molecular complexity index is 459. The second-order valence-corrected chi connectivity index (χ2v) is 5.46. The van der Waals surface area contributed by atoms with Crippen LogP contribution in [-0.2, 0) is 0 Å². The molecule has 1 aromatic rings. The first-order valence-electron chi connectivity index (χ1n) is 6.44. The number of hydrogen-bond acceptors (Lipinski definition) is 3. The fourth-order valence-corrected chi connectivity index (χ4v) is 2.59. The van der Waals surface area contributed by atoms with E-state index in [1.807, 2.05) is 0 Å². The number of pyridine rings is 1. The molecule has 4 nitrogen and oxygen atoms in total. The minimum absolute atomic E-state index is 0.177. The van der Waals surface area contributed by atoms with Crippen LogP contribution in [-0.4, -0.2) is 41.5 Å². The van der Waals surface area contributed by atoms with Crippen molar-refractivity contribution in [2.75, 3.05) is 19.6 Å². The van der Waals surface area contributed by atoms with Gasteiger partial charge < -0.3 is 10.2 Å². The van der Waals surface area contributed by atoms with Gasteiger partial charge in [-0.2, -0.15) is 0 Å². The lowest BCUT2D eigenvalue weighted by Gasteiger charge is -2.31. The molecule has 2 heterocycles. The molecule has 1 aliphatic heterocycles. The molecule has 1 N–H and O–H groups in total. The maximum absolute atomic E-state index is 12.1. The molecule has 0 saturated carbocycles. The zero-order valence-corrected chi connectivity index (χ0v) is 12.3. The van der Waals surface area contributed by atoms with Crippen LogP contribution in [0.2, 0.25) is 10.2 Å². The molecular weight excluding hydrogens is 285 g/mol. The highest BCUT2D eigenvalue weighted by molar-refractivity contribution is 6.35. The Hall–Kier alpha value is -0.840. The second-order valence-electron chi connectivity index (χ2n) is 4.67. The third-order valence-corrected chi connectivity index (χ3v) is 3.94. The van der Waals surface area contributed by atoms with Crippen molar-refractivity contribution in [2.45, 2.75) is 25.8 Å². The number of carbonyl (C=O) groups is 1. The molecule has 6 heteroatoms. The molecule has 0 spiro atoms. The fraction of sp³-hybridized carbons (Fsp3) is 0.538. The van der Waals surface area contributed by atoms with Gasteiger partial charge in [0.05, 0.1) is 10.6 Å². The number of likely N-dealkylation sites (tertiary alicyclic amines) is 1. The van der Waals surface area contributed by atoms with Gasteiger partial charge in [0.25, 0.3) is 5.91 Å². The van der Waals surface area contributed by atoms with E-state index in [2.05, 4.69) is 22.1 Å². The maximum Gasteiger partial charge on any atom is 0.253 e. The molecule has 0 aromatic carbocycles. The Morgan fingerprint density at radius 2 is 2.16 bits per heavy atom. The third-order valence-electron chi connectivity index (χ3n) is 3.44. The minimum atomic E-state index is -0.177. The third kappa shape index (κ3) is 3.81. The standard InChI is InChI=1S/C13H17Cl2N3O/c1-2-18-5-3-9(4-6-18)17-13(19)10-7-12(15)16-8-11(10)14/h7-9H,2-6H2,1H3,(H,17,19). The highest BCUT2D eigenvalue weighted by atomic mass is 35.5. The fourth-order valence-electron chi connectivity index (χ4n) is 2.24. The van der Waals surface area contributed by atoms with Crippen LogP contribution in [0.15, 0.2) is 12.3 Å². The summed E-state index contributed by atoms with van der Waals surface area (Å²) in [5.74, 6) is -0.177. The molecule has 1 amide bonds. The van der Waals surface area contributed by atoms with Crippen molar-refractivity contribution in [1.82, 2.24) is 15.2 Å². The average molecular weight is 302 g/mol. The van der Waals surface area contributed by atoms with E-state index in [-0.39, 0.29) is 17.1 Å². The zero-order chi connectivity index (χ0) is 13.8. The molecule has 0 bridgehead atoms. The molecule has 2 rings (SSSR count). The summed E-state index contributed by atoms with van der Waals surface area (Å²) in [4.78, 5) is 18.4. The van der Waals surface area contributed by atoms with Crippen LogP contribution in [0.5, 0.6) is 0 Å². The lowest BCUT2D eigenvalue weighted by atomic mass is 10.0. The van der Waals surface area contributed by atoms with Gasteiger partial charge in [-0.3, -0.25) is 4.79 Å². The maximum atomic E-state index is 12.1. The van der Waals surface area contributed by atoms with Gasteiger partial charge in [-0.05, 0) is 25.5 Å². The van der Waals surface area contributed by atoms with Crippen LogP contribution in [0.1, 0.15) is 30.1 Å². The summed E-state index contributed by atoms with van der Waals surface area (Å²) in [5, 5.41) is 3.61. The Morgan fingerprint density at radius 1 is 1.47 bits per heavy atom. The van der Waals surface area contributed by atoms with Crippen molar-refractivity contribution in [2.24, 2.45) is 0 Å². The molecule has 19 heavy (non-hydrogen) atoms. The molecule has 1 saturated heterocycles. The smallest absolute Gasteiger partial charge is 0.253 e. The van der Waals surface area contributed by atoms with Gasteiger partial charge in [0.1, 0.15) is 5.15 Å². The van der Waals surface area contributed by atoms with Crippen LogP contribution < -0.4 is 5.32 Å². The number of carbonyl (C=O) groups excluding carboxylic acids is 1. The molecular formula is C13H17Cl2N3O. The van der Waals surface area contributed by atoms with Gasteiger partial charge in [-0.25, -0.2) is 4.98 Å². The summed E-state index contributed by atoms with van der Waals surface area (Å²) in [6, 6.07) is 1.71. The van der Waals surface area contributed by atoms with E-state index in [1.165, 1.54) is 12.3 Å². The van der Waals surface area contributed by atoms with E-state index in [0.717, 1.165) is 32.5 Å². The highest BCUT2D eigenvalue weighted by Gasteiger charge is 2.21. The van der Waals surface area contributed by atoms with Gasteiger partial charge >= 0.3 is 0 Å². The van der Waals surface area contributed by atoms with Crippen molar-refractivity contribution < 1.29 is 4.79 Å². The van der Waals surface area contributed by atoms with Crippen LogP contribution in [0.25, 0.3) is 0 Å². The molecule has 1 aliphatic rings. The van der Waals surface area contributed by atoms with Gasteiger partial charge in [0.2, 0.25) is 0 Å². The predicted molar refractivity (Wildman–Crippen MR) is 76.9 cm³/mol. The summed E-state index contributed by atoms with van der Waals surface area (Å²) >= 11 is 11.7. The van der Waals surface area contributed by atoms with Crippen LogP contribution >= 0.6 is 23.2 Å².